The summed E-state index contributed by atoms with van der Waals surface area (Å²) in [6.07, 6.45) is 0. The van der Waals surface area contributed by atoms with Gasteiger partial charge in [0.05, 0.1) is 24.3 Å². The number of aromatic amines is 1. The molecule has 41 heavy (non-hydrogen) atoms. The highest BCUT2D eigenvalue weighted by Crippen LogP contribution is 2.68. The summed E-state index contributed by atoms with van der Waals surface area (Å²) in [5.74, 6) is 1.01. The van der Waals surface area contributed by atoms with E-state index in [2.05, 4.69) is 4.98 Å². The maximum Gasteiger partial charge on any atom is 0.255 e. The molecule has 6 heteroatoms. The summed E-state index contributed by atoms with van der Waals surface area (Å²) in [6.45, 7) is 5.98. The number of H-pyrrole nitrogens is 1. The van der Waals surface area contributed by atoms with Crippen LogP contribution in [-0.4, -0.2) is 22.2 Å². The standard InChI is InChI=1S/C35H30N2O4/c1-20-9-8-12-24(18-20)32-36-31-28(33(38)37-32)30(23-10-6-5-7-11-23)35(25-13-15-26(40-4)16-14-25)34(31,39)29-22(3)17-21(2)19-27(29)41-35/h5-19,30,39H,1-4H3,(H,36,37,38)/t30-,34+,35+/m1/s1. The van der Waals surface area contributed by atoms with Crippen molar-refractivity contribution in [1.82, 2.24) is 9.97 Å². The average molecular weight is 543 g/mol. The predicted molar refractivity (Wildman–Crippen MR) is 158 cm³/mol. The molecule has 6 nitrogen and oxygen atoms in total. The van der Waals surface area contributed by atoms with Gasteiger partial charge >= 0.3 is 0 Å². The highest BCUT2D eigenvalue weighted by Gasteiger charge is 2.73. The van der Waals surface area contributed by atoms with E-state index in [0.29, 0.717) is 34.1 Å². The Labute approximate surface area is 238 Å². The number of aromatic nitrogens is 2. The van der Waals surface area contributed by atoms with Gasteiger partial charge in [-0.1, -0.05) is 72.3 Å². The van der Waals surface area contributed by atoms with E-state index in [1.807, 2.05) is 112 Å². The van der Waals surface area contributed by atoms with Crippen LogP contribution in [0, 0.1) is 20.8 Å². The second kappa shape index (κ2) is 8.91. The van der Waals surface area contributed by atoms with Gasteiger partial charge in [-0.3, -0.25) is 4.79 Å². The van der Waals surface area contributed by atoms with Crippen molar-refractivity contribution >= 4 is 0 Å². The van der Waals surface area contributed by atoms with Gasteiger partial charge in [-0.05, 0) is 61.7 Å². The van der Waals surface area contributed by atoms with Crippen molar-refractivity contribution in [2.24, 2.45) is 0 Å². The fourth-order valence-electron chi connectivity index (χ4n) is 6.95. The van der Waals surface area contributed by atoms with Gasteiger partial charge in [-0.15, -0.1) is 0 Å². The Morgan fingerprint density at radius 3 is 2.37 bits per heavy atom. The molecule has 0 saturated carbocycles. The molecule has 7 rings (SSSR count). The molecule has 0 unspecified atom stereocenters. The Balaban J connectivity index is 1.63. The van der Waals surface area contributed by atoms with Crippen molar-refractivity contribution < 1.29 is 14.6 Å². The lowest BCUT2D eigenvalue weighted by atomic mass is 9.69. The third-order valence-electron chi connectivity index (χ3n) is 8.55. The first kappa shape index (κ1) is 25.3. The number of aliphatic hydroxyl groups is 1. The molecule has 2 N–H and O–H groups in total. The molecule has 1 aliphatic heterocycles. The topological polar surface area (TPSA) is 84.4 Å². The summed E-state index contributed by atoms with van der Waals surface area (Å²) >= 11 is 0. The maximum absolute atomic E-state index is 14.2. The van der Waals surface area contributed by atoms with E-state index in [1.165, 1.54) is 0 Å². The Morgan fingerprint density at radius 2 is 1.66 bits per heavy atom. The van der Waals surface area contributed by atoms with E-state index in [4.69, 9.17) is 14.5 Å². The fourth-order valence-corrected chi connectivity index (χ4v) is 6.95. The largest absolute Gasteiger partial charge is 0.497 e. The van der Waals surface area contributed by atoms with Crippen molar-refractivity contribution in [1.29, 1.82) is 0 Å². The van der Waals surface area contributed by atoms with Crippen molar-refractivity contribution in [3.05, 3.63) is 146 Å². The van der Waals surface area contributed by atoms with E-state index in [1.54, 1.807) is 7.11 Å². The average Bonchev–Trinajstić information content (AvgIpc) is 3.36. The van der Waals surface area contributed by atoms with Crippen LogP contribution in [0.1, 0.15) is 50.6 Å². The van der Waals surface area contributed by atoms with Gasteiger partial charge in [0.2, 0.25) is 0 Å². The van der Waals surface area contributed by atoms with Crippen LogP contribution in [0.25, 0.3) is 11.4 Å². The molecule has 0 amide bonds. The normalized spacial score (nSPS) is 22.0. The number of nitrogens with one attached hydrogen (secondary N) is 1. The Morgan fingerprint density at radius 1 is 0.902 bits per heavy atom. The number of ether oxygens (including phenoxy) is 2. The van der Waals surface area contributed by atoms with Crippen molar-refractivity contribution in [2.45, 2.75) is 37.9 Å². The minimum absolute atomic E-state index is 0.300. The summed E-state index contributed by atoms with van der Waals surface area (Å²) in [7, 11) is 1.62. The van der Waals surface area contributed by atoms with E-state index >= 15 is 0 Å². The number of benzene rings is 4. The molecule has 0 bridgehead atoms. The Hall–Kier alpha value is -4.68. The summed E-state index contributed by atoms with van der Waals surface area (Å²) in [6, 6.07) is 29.1. The SMILES string of the molecule is COc1ccc([C@@]23Oc4cc(C)cc(C)c4[C@]2(O)c2nc(-c4cccc(C)c4)[nH]c(=O)c2[C@H]3c2ccccc2)cc1. The molecule has 0 saturated heterocycles. The fraction of sp³-hybridized carbons (Fsp3) is 0.200. The van der Waals surface area contributed by atoms with Crippen molar-refractivity contribution in [3.8, 4) is 22.9 Å². The quantitative estimate of drug-likeness (QED) is 0.289. The van der Waals surface area contributed by atoms with Crippen LogP contribution in [0.4, 0.5) is 0 Å². The van der Waals surface area contributed by atoms with Crippen LogP contribution in [0.3, 0.4) is 0 Å². The number of rotatable bonds is 4. The van der Waals surface area contributed by atoms with E-state index in [0.717, 1.165) is 33.4 Å². The van der Waals surface area contributed by atoms with Gasteiger partial charge in [-0.25, -0.2) is 4.98 Å². The van der Waals surface area contributed by atoms with Crippen molar-refractivity contribution in [2.75, 3.05) is 7.11 Å². The van der Waals surface area contributed by atoms with Crippen LogP contribution in [-0.2, 0) is 11.2 Å². The zero-order valence-corrected chi connectivity index (χ0v) is 23.4. The van der Waals surface area contributed by atoms with Crippen LogP contribution < -0.4 is 15.0 Å². The molecule has 0 spiro atoms. The molecule has 0 radical (unpaired) electrons. The molecule has 4 aromatic carbocycles. The third-order valence-corrected chi connectivity index (χ3v) is 8.55. The lowest BCUT2D eigenvalue weighted by Gasteiger charge is -2.40. The smallest absolute Gasteiger partial charge is 0.255 e. The van der Waals surface area contributed by atoms with E-state index in [9.17, 15) is 9.90 Å². The molecule has 2 heterocycles. The van der Waals surface area contributed by atoms with Crippen LogP contribution in [0.5, 0.6) is 11.5 Å². The lowest BCUT2D eigenvalue weighted by Crippen LogP contribution is -2.49. The van der Waals surface area contributed by atoms with Gasteiger partial charge in [0.15, 0.2) is 11.2 Å². The number of hydrogen-bond acceptors (Lipinski definition) is 5. The highest BCUT2D eigenvalue weighted by atomic mass is 16.5. The number of fused-ring (bicyclic) bond motifs is 5. The Kier molecular flexibility index (Phi) is 5.50. The zero-order chi connectivity index (χ0) is 28.5. The second-order valence-corrected chi connectivity index (χ2v) is 11.1. The van der Waals surface area contributed by atoms with Crippen molar-refractivity contribution in [3.63, 3.8) is 0 Å². The molecular formula is C35H30N2O4. The third kappa shape index (κ3) is 3.40. The molecule has 1 aromatic heterocycles. The highest BCUT2D eigenvalue weighted by molar-refractivity contribution is 5.68. The Bertz CT molecular complexity index is 1880. The molecule has 3 atom stereocenters. The van der Waals surface area contributed by atoms with E-state index in [-0.39, 0.29) is 5.56 Å². The number of nitrogens with zero attached hydrogens (tertiary/aromatic N) is 1. The number of methoxy groups -OCH3 is 1. The molecule has 204 valence electrons. The minimum Gasteiger partial charge on any atom is -0.497 e. The van der Waals surface area contributed by atoms with E-state index < -0.39 is 17.1 Å². The van der Waals surface area contributed by atoms with Crippen LogP contribution >= 0.6 is 0 Å². The summed E-state index contributed by atoms with van der Waals surface area (Å²) in [5.41, 5.74) is 3.14. The summed E-state index contributed by atoms with van der Waals surface area (Å²) in [5, 5.41) is 13.3. The minimum atomic E-state index is -1.77. The number of hydrogen-bond donors (Lipinski definition) is 2. The predicted octanol–water partition coefficient (Wildman–Crippen LogP) is 6.04. The molecule has 1 aliphatic carbocycles. The van der Waals surface area contributed by atoms with Crippen LogP contribution in [0.2, 0.25) is 0 Å². The monoisotopic (exact) mass is 542 g/mol. The van der Waals surface area contributed by atoms with Crippen LogP contribution in [0.15, 0.2) is 95.8 Å². The first-order valence-corrected chi connectivity index (χ1v) is 13.7. The molecular weight excluding hydrogens is 512 g/mol. The maximum atomic E-state index is 14.2. The first-order valence-electron chi connectivity index (χ1n) is 13.7. The lowest BCUT2D eigenvalue weighted by molar-refractivity contribution is -0.0906. The molecule has 0 fully saturated rings. The van der Waals surface area contributed by atoms with Gasteiger partial charge in [0, 0.05) is 16.7 Å². The van der Waals surface area contributed by atoms with Gasteiger partial charge in [0.25, 0.3) is 5.56 Å². The zero-order valence-electron chi connectivity index (χ0n) is 23.4. The van der Waals surface area contributed by atoms with Gasteiger partial charge < -0.3 is 19.6 Å². The first-order chi connectivity index (χ1) is 19.8. The second-order valence-electron chi connectivity index (χ2n) is 11.1. The van der Waals surface area contributed by atoms with Gasteiger partial charge in [-0.2, -0.15) is 0 Å². The molecule has 5 aromatic rings. The molecule has 2 aliphatic rings. The summed E-state index contributed by atoms with van der Waals surface area (Å²) in [4.78, 5) is 22.3. The summed E-state index contributed by atoms with van der Waals surface area (Å²) < 4.78 is 12.5. The van der Waals surface area contributed by atoms with Gasteiger partial charge in [0.1, 0.15) is 17.3 Å². The number of aryl methyl sites for hydroxylation is 3.